The lowest BCUT2D eigenvalue weighted by Gasteiger charge is -2.15. The Morgan fingerprint density at radius 2 is 2.05 bits per heavy atom. The van der Waals surface area contributed by atoms with E-state index in [1.165, 1.54) is 0 Å². The predicted octanol–water partition coefficient (Wildman–Crippen LogP) is 2.86. The number of benzene rings is 1. The highest BCUT2D eigenvalue weighted by Crippen LogP contribution is 2.23. The Morgan fingerprint density at radius 3 is 2.65 bits per heavy atom. The molecule has 1 unspecified atom stereocenters. The number of nitrogens with zero attached hydrogens (tertiary/aromatic N) is 1. The van der Waals surface area contributed by atoms with E-state index >= 15 is 0 Å². The summed E-state index contributed by atoms with van der Waals surface area (Å²) in [5.41, 5.74) is 0.946. The minimum atomic E-state index is -0.829. The number of carboxylic acid groups (broad SMARTS) is 1. The molecule has 0 spiro atoms. The van der Waals surface area contributed by atoms with Crippen LogP contribution in [0.4, 0.5) is 0 Å². The van der Waals surface area contributed by atoms with E-state index in [2.05, 4.69) is 0 Å². The second kappa shape index (κ2) is 6.46. The van der Waals surface area contributed by atoms with Crippen molar-refractivity contribution in [3.63, 3.8) is 0 Å². The molecular formula is C14H15Cl2NO3. The molecule has 0 radical (unpaired) electrons. The van der Waals surface area contributed by atoms with E-state index in [1.54, 1.807) is 17.0 Å². The maximum atomic E-state index is 12.0. The van der Waals surface area contributed by atoms with Crippen LogP contribution in [0.2, 0.25) is 10.0 Å². The van der Waals surface area contributed by atoms with Gasteiger partial charge in [-0.3, -0.25) is 9.59 Å². The summed E-state index contributed by atoms with van der Waals surface area (Å²) in [6.45, 7) is 0.840. The summed E-state index contributed by atoms with van der Waals surface area (Å²) >= 11 is 11.7. The first-order valence-corrected chi connectivity index (χ1v) is 7.17. The molecule has 1 amide bonds. The van der Waals surface area contributed by atoms with Crippen molar-refractivity contribution in [1.29, 1.82) is 0 Å². The molecule has 1 aliphatic rings. The molecule has 108 valence electrons. The average Bonchev–Trinajstić information content (AvgIpc) is 2.89. The van der Waals surface area contributed by atoms with E-state index < -0.39 is 11.9 Å². The van der Waals surface area contributed by atoms with Gasteiger partial charge in [0.15, 0.2) is 0 Å². The van der Waals surface area contributed by atoms with Crippen LogP contribution < -0.4 is 0 Å². The highest BCUT2D eigenvalue weighted by molar-refractivity contribution is 6.42. The molecule has 0 saturated carbocycles. The quantitative estimate of drug-likeness (QED) is 0.929. The highest BCUT2D eigenvalue weighted by atomic mass is 35.5. The Morgan fingerprint density at radius 1 is 1.30 bits per heavy atom. The van der Waals surface area contributed by atoms with Gasteiger partial charge in [-0.1, -0.05) is 29.3 Å². The van der Waals surface area contributed by atoms with Crippen LogP contribution in [0, 0.1) is 5.92 Å². The fourth-order valence-electron chi connectivity index (χ4n) is 2.29. The molecule has 0 aliphatic carbocycles. The Bertz CT molecular complexity index is 533. The number of amides is 1. The minimum Gasteiger partial charge on any atom is -0.481 e. The topological polar surface area (TPSA) is 57.6 Å². The van der Waals surface area contributed by atoms with Gasteiger partial charge >= 0.3 is 5.97 Å². The number of aryl methyl sites for hydroxylation is 1. The summed E-state index contributed by atoms with van der Waals surface area (Å²) in [7, 11) is 0. The Hall–Kier alpha value is -1.26. The van der Waals surface area contributed by atoms with Gasteiger partial charge in [-0.05, 0) is 30.5 Å². The first kappa shape index (κ1) is 15.1. The monoisotopic (exact) mass is 315 g/mol. The third-order valence-electron chi connectivity index (χ3n) is 3.50. The van der Waals surface area contributed by atoms with Gasteiger partial charge in [0.1, 0.15) is 0 Å². The summed E-state index contributed by atoms with van der Waals surface area (Å²) < 4.78 is 0. The molecule has 1 heterocycles. The van der Waals surface area contributed by atoms with Crippen LogP contribution in [-0.4, -0.2) is 35.0 Å². The average molecular weight is 316 g/mol. The maximum Gasteiger partial charge on any atom is 0.308 e. The summed E-state index contributed by atoms with van der Waals surface area (Å²) in [6.07, 6.45) is 1.46. The van der Waals surface area contributed by atoms with Gasteiger partial charge < -0.3 is 10.0 Å². The van der Waals surface area contributed by atoms with Crippen molar-refractivity contribution in [2.24, 2.45) is 5.92 Å². The van der Waals surface area contributed by atoms with Gasteiger partial charge in [0.2, 0.25) is 5.91 Å². The summed E-state index contributed by atoms with van der Waals surface area (Å²) in [6, 6.07) is 5.30. The highest BCUT2D eigenvalue weighted by Gasteiger charge is 2.30. The van der Waals surface area contributed by atoms with Crippen LogP contribution >= 0.6 is 23.2 Å². The van der Waals surface area contributed by atoms with Crippen LogP contribution in [-0.2, 0) is 16.0 Å². The van der Waals surface area contributed by atoms with Gasteiger partial charge in [0.25, 0.3) is 0 Å². The maximum absolute atomic E-state index is 12.0. The second-order valence-electron chi connectivity index (χ2n) is 4.91. The number of rotatable bonds is 4. The number of aliphatic carboxylic acids is 1. The molecule has 1 fully saturated rings. The number of carbonyl (C=O) groups is 2. The van der Waals surface area contributed by atoms with Crippen molar-refractivity contribution >= 4 is 35.1 Å². The largest absolute Gasteiger partial charge is 0.481 e. The van der Waals surface area contributed by atoms with Crippen molar-refractivity contribution in [1.82, 2.24) is 4.90 Å². The van der Waals surface area contributed by atoms with Gasteiger partial charge in [0, 0.05) is 19.5 Å². The third-order valence-corrected chi connectivity index (χ3v) is 4.24. The lowest BCUT2D eigenvalue weighted by atomic mass is 10.1. The fraction of sp³-hybridized carbons (Fsp3) is 0.429. The molecular weight excluding hydrogens is 301 g/mol. The normalized spacial score (nSPS) is 18.3. The van der Waals surface area contributed by atoms with Crippen LogP contribution in [0.3, 0.4) is 0 Å². The summed E-state index contributed by atoms with van der Waals surface area (Å²) in [5, 5.41) is 9.88. The molecule has 4 nitrogen and oxygen atoms in total. The summed E-state index contributed by atoms with van der Waals surface area (Å²) in [4.78, 5) is 24.5. The third kappa shape index (κ3) is 3.64. The first-order chi connectivity index (χ1) is 9.47. The molecule has 1 aromatic carbocycles. The zero-order chi connectivity index (χ0) is 14.7. The molecule has 20 heavy (non-hydrogen) atoms. The molecule has 1 N–H and O–H groups in total. The van der Waals surface area contributed by atoms with Crippen LogP contribution in [0.25, 0.3) is 0 Å². The molecule has 0 aromatic heterocycles. The SMILES string of the molecule is O=C(O)C1CCN(C(=O)CCc2ccc(Cl)c(Cl)c2)C1. The van der Waals surface area contributed by atoms with Gasteiger partial charge in [-0.2, -0.15) is 0 Å². The Balaban J connectivity index is 1.86. The number of hydrogen-bond acceptors (Lipinski definition) is 2. The van der Waals surface area contributed by atoms with Gasteiger partial charge in [-0.25, -0.2) is 0 Å². The van der Waals surface area contributed by atoms with Crippen molar-refractivity contribution in [3.05, 3.63) is 33.8 Å². The molecule has 2 rings (SSSR count). The van der Waals surface area contributed by atoms with Crippen molar-refractivity contribution in [3.8, 4) is 0 Å². The molecule has 1 saturated heterocycles. The summed E-state index contributed by atoms with van der Waals surface area (Å²) in [5.74, 6) is -1.27. The zero-order valence-corrected chi connectivity index (χ0v) is 12.3. The molecule has 0 bridgehead atoms. The predicted molar refractivity (Wildman–Crippen MR) is 77.1 cm³/mol. The first-order valence-electron chi connectivity index (χ1n) is 6.42. The Labute approximate surface area is 127 Å². The van der Waals surface area contributed by atoms with Crippen molar-refractivity contribution in [2.45, 2.75) is 19.3 Å². The number of carboxylic acids is 1. The lowest BCUT2D eigenvalue weighted by Crippen LogP contribution is -2.30. The number of hydrogen-bond donors (Lipinski definition) is 1. The molecule has 1 aliphatic heterocycles. The smallest absolute Gasteiger partial charge is 0.308 e. The van der Waals surface area contributed by atoms with E-state index in [0.29, 0.717) is 42.4 Å². The number of halogens is 2. The van der Waals surface area contributed by atoms with E-state index in [0.717, 1.165) is 5.56 Å². The standard InChI is InChI=1S/C14H15Cl2NO3/c15-11-3-1-9(7-12(11)16)2-4-13(18)17-6-5-10(8-17)14(19)20/h1,3,7,10H,2,4-6,8H2,(H,19,20). The number of carbonyl (C=O) groups excluding carboxylic acids is 1. The minimum absolute atomic E-state index is 0.0141. The van der Waals surface area contributed by atoms with E-state index in [9.17, 15) is 9.59 Å². The Kier molecular flexibility index (Phi) is 4.89. The number of likely N-dealkylation sites (tertiary alicyclic amines) is 1. The van der Waals surface area contributed by atoms with Crippen LogP contribution in [0.1, 0.15) is 18.4 Å². The van der Waals surface area contributed by atoms with Crippen molar-refractivity contribution in [2.75, 3.05) is 13.1 Å². The van der Waals surface area contributed by atoms with Crippen LogP contribution in [0.5, 0.6) is 0 Å². The van der Waals surface area contributed by atoms with E-state index in [-0.39, 0.29) is 5.91 Å². The molecule has 1 aromatic rings. The fourth-order valence-corrected chi connectivity index (χ4v) is 2.61. The molecule has 6 heteroatoms. The lowest BCUT2D eigenvalue weighted by molar-refractivity contribution is -0.141. The zero-order valence-electron chi connectivity index (χ0n) is 10.8. The van der Waals surface area contributed by atoms with Gasteiger partial charge in [-0.15, -0.1) is 0 Å². The van der Waals surface area contributed by atoms with E-state index in [4.69, 9.17) is 28.3 Å². The van der Waals surface area contributed by atoms with Crippen molar-refractivity contribution < 1.29 is 14.7 Å². The van der Waals surface area contributed by atoms with E-state index in [1.807, 2.05) is 6.07 Å². The molecule has 1 atom stereocenters. The van der Waals surface area contributed by atoms with Crippen LogP contribution in [0.15, 0.2) is 18.2 Å². The second-order valence-corrected chi connectivity index (χ2v) is 5.73. The van der Waals surface area contributed by atoms with Gasteiger partial charge in [0.05, 0.1) is 16.0 Å².